The number of nitrogens with one attached hydrogen (secondary N) is 2. The minimum Gasteiger partial charge on any atom is -0.744 e. The summed E-state index contributed by atoms with van der Waals surface area (Å²) in [4.78, 5) is 22.1. The number of azo groups is 2. The van der Waals surface area contributed by atoms with Gasteiger partial charge < -0.3 is 39.9 Å². The smallest absolute Gasteiger partial charge is 0.323 e. The number of carboxylic acid groups (broad SMARTS) is 1. The van der Waals surface area contributed by atoms with E-state index in [1.807, 2.05) is 0 Å². The summed E-state index contributed by atoms with van der Waals surface area (Å²) in [5, 5.41) is 53.2. The molecule has 0 bridgehead atoms. The van der Waals surface area contributed by atoms with Crippen molar-refractivity contribution in [3.05, 3.63) is 109 Å². The predicted molar refractivity (Wildman–Crippen MR) is 185 cm³/mol. The Morgan fingerprint density at radius 3 is 1.42 bits per heavy atom. The van der Waals surface area contributed by atoms with E-state index < -0.39 is 64.9 Å². The van der Waals surface area contributed by atoms with Crippen molar-refractivity contribution in [1.29, 1.82) is 0 Å². The lowest BCUT2D eigenvalue weighted by Crippen LogP contribution is -2.21. The van der Waals surface area contributed by atoms with Gasteiger partial charge in [-0.1, -0.05) is 30.3 Å². The number of rotatable bonds is 9. The molecule has 0 unspecified atom stereocenters. The van der Waals surface area contributed by atoms with Crippen LogP contribution in [0.4, 0.5) is 38.9 Å². The SMILES string of the molecule is O=C(Nc1ccc2c(O)c(N=Nc3ccccc3)c(S(=O)(=O)[O-])cc2c1)Nc1ccc2c(O)c(N=Nc3ccc(C(=O)[O-])cc3)c(S(=O)(=O)[O-])cc2c1. The third kappa shape index (κ3) is 7.92. The third-order valence-corrected chi connectivity index (χ3v) is 9.25. The van der Waals surface area contributed by atoms with Gasteiger partial charge in [0.05, 0.1) is 27.1 Å². The van der Waals surface area contributed by atoms with Gasteiger partial charge in [0.1, 0.15) is 31.6 Å². The van der Waals surface area contributed by atoms with Gasteiger partial charge in [-0.2, -0.15) is 10.2 Å². The second kappa shape index (κ2) is 14.1. The van der Waals surface area contributed by atoms with E-state index >= 15 is 0 Å². The highest BCUT2D eigenvalue weighted by Gasteiger charge is 2.20. The Labute approximate surface area is 299 Å². The van der Waals surface area contributed by atoms with Crippen LogP contribution in [0.25, 0.3) is 21.5 Å². The Morgan fingerprint density at radius 1 is 0.566 bits per heavy atom. The van der Waals surface area contributed by atoms with E-state index in [1.54, 1.807) is 30.3 Å². The van der Waals surface area contributed by atoms with Crippen LogP contribution in [0, 0.1) is 0 Å². The topological polar surface area (TPSA) is 286 Å². The number of carbonyl (C=O) groups is 2. The molecule has 4 N–H and O–H groups in total. The molecule has 268 valence electrons. The number of amides is 2. The monoisotopic (exact) mass is 753 g/mol. The molecule has 53 heavy (non-hydrogen) atoms. The average molecular weight is 754 g/mol. The van der Waals surface area contributed by atoms with Crippen LogP contribution in [-0.4, -0.2) is 48.2 Å². The second-order valence-electron chi connectivity index (χ2n) is 11.1. The number of aromatic carboxylic acids is 1. The number of fused-ring (bicyclic) bond motifs is 2. The molecule has 0 radical (unpaired) electrons. The summed E-state index contributed by atoms with van der Waals surface area (Å²) in [5.74, 6) is -2.79. The Balaban J connectivity index is 1.26. The predicted octanol–water partition coefficient (Wildman–Crippen LogP) is 6.05. The maximum atomic E-state index is 12.9. The minimum atomic E-state index is -5.23. The molecule has 2 amide bonds. The number of hydrogen-bond donors (Lipinski definition) is 4. The summed E-state index contributed by atoms with van der Waals surface area (Å²) in [6, 6.07) is 22.0. The minimum absolute atomic E-state index is 0.0136. The first-order valence-electron chi connectivity index (χ1n) is 14.9. The van der Waals surface area contributed by atoms with E-state index in [9.17, 15) is 50.8 Å². The van der Waals surface area contributed by atoms with E-state index in [1.165, 1.54) is 60.7 Å². The Hall–Kier alpha value is -6.80. The summed E-state index contributed by atoms with van der Waals surface area (Å²) in [6.07, 6.45) is 0. The largest absolute Gasteiger partial charge is 0.744 e. The molecule has 6 aromatic rings. The number of phenols is 2. The lowest BCUT2D eigenvalue weighted by atomic mass is 10.1. The third-order valence-electron chi connectivity index (χ3n) is 7.55. The number of benzene rings is 6. The second-order valence-corrected chi connectivity index (χ2v) is 13.8. The summed E-state index contributed by atoms with van der Waals surface area (Å²) in [6.45, 7) is 0. The quantitative estimate of drug-likeness (QED) is 0.0973. The molecule has 19 heteroatoms. The zero-order valence-corrected chi connectivity index (χ0v) is 28.1. The normalized spacial score (nSPS) is 12.1. The van der Waals surface area contributed by atoms with Gasteiger partial charge in [-0.3, -0.25) is 0 Å². The van der Waals surface area contributed by atoms with Gasteiger partial charge in [-0.15, -0.1) is 10.2 Å². The molecule has 0 saturated carbocycles. The van der Waals surface area contributed by atoms with Gasteiger partial charge in [0.25, 0.3) is 0 Å². The van der Waals surface area contributed by atoms with Crippen LogP contribution in [0.15, 0.2) is 133 Å². The molecule has 0 aliphatic carbocycles. The number of aromatic hydroxyl groups is 2. The van der Waals surface area contributed by atoms with E-state index in [0.717, 1.165) is 12.1 Å². The summed E-state index contributed by atoms with van der Waals surface area (Å²) in [7, 11) is -10.4. The zero-order chi connectivity index (χ0) is 38.1. The van der Waals surface area contributed by atoms with Crippen molar-refractivity contribution >= 4 is 87.9 Å². The van der Waals surface area contributed by atoms with Gasteiger partial charge in [0.15, 0.2) is 11.5 Å². The van der Waals surface area contributed by atoms with Crippen molar-refractivity contribution in [1.82, 2.24) is 0 Å². The van der Waals surface area contributed by atoms with Crippen LogP contribution in [0.5, 0.6) is 11.5 Å². The number of phenolic OH excluding ortho intramolecular Hbond substituents is 2. The number of anilines is 2. The van der Waals surface area contributed by atoms with Crippen LogP contribution < -0.4 is 15.7 Å². The van der Waals surface area contributed by atoms with Crippen molar-refractivity contribution in [3.8, 4) is 11.5 Å². The van der Waals surface area contributed by atoms with E-state index in [-0.39, 0.29) is 44.2 Å². The molecule has 0 spiro atoms. The van der Waals surface area contributed by atoms with Crippen molar-refractivity contribution < 1.29 is 50.8 Å². The van der Waals surface area contributed by atoms with Crippen LogP contribution >= 0.6 is 0 Å². The fraction of sp³-hybridized carbons (Fsp3) is 0. The first kappa shape index (κ1) is 36.0. The molecule has 6 rings (SSSR count). The van der Waals surface area contributed by atoms with Crippen LogP contribution in [0.2, 0.25) is 0 Å². The average Bonchev–Trinajstić information content (AvgIpc) is 3.10. The van der Waals surface area contributed by atoms with Gasteiger partial charge >= 0.3 is 6.03 Å². The Bertz CT molecular complexity index is 2740. The van der Waals surface area contributed by atoms with Gasteiger partial charge in [0, 0.05) is 22.1 Å². The van der Waals surface area contributed by atoms with Gasteiger partial charge in [-0.25, -0.2) is 21.6 Å². The van der Waals surface area contributed by atoms with E-state index in [0.29, 0.717) is 5.69 Å². The Kier molecular flexibility index (Phi) is 9.56. The maximum absolute atomic E-state index is 12.9. The first-order valence-corrected chi connectivity index (χ1v) is 17.7. The van der Waals surface area contributed by atoms with Gasteiger partial charge in [0.2, 0.25) is 0 Å². The number of hydrogen-bond acceptors (Lipinski definition) is 15. The van der Waals surface area contributed by atoms with Crippen molar-refractivity contribution in [2.24, 2.45) is 20.5 Å². The molecule has 0 atom stereocenters. The molecule has 17 nitrogen and oxygen atoms in total. The lowest BCUT2D eigenvalue weighted by Gasteiger charge is -2.15. The molecule has 0 aliphatic heterocycles. The molecule has 0 aliphatic rings. The molecule has 6 aromatic carbocycles. The fourth-order valence-electron chi connectivity index (χ4n) is 5.10. The number of carboxylic acids is 1. The highest BCUT2D eigenvalue weighted by atomic mass is 32.2. The summed E-state index contributed by atoms with van der Waals surface area (Å²) in [5.41, 5.74) is -0.798. The van der Waals surface area contributed by atoms with Crippen molar-refractivity contribution in [2.45, 2.75) is 9.79 Å². The first-order chi connectivity index (χ1) is 25.1. The lowest BCUT2D eigenvalue weighted by molar-refractivity contribution is -0.255. The van der Waals surface area contributed by atoms with Crippen molar-refractivity contribution in [2.75, 3.05) is 10.6 Å². The van der Waals surface area contributed by atoms with Crippen LogP contribution in [0.1, 0.15) is 10.4 Å². The Morgan fingerprint density at radius 2 is 1.00 bits per heavy atom. The zero-order valence-electron chi connectivity index (χ0n) is 26.5. The molecule has 0 saturated heterocycles. The number of urea groups is 1. The highest BCUT2D eigenvalue weighted by molar-refractivity contribution is 7.86. The summed E-state index contributed by atoms with van der Waals surface area (Å²) >= 11 is 0. The van der Waals surface area contributed by atoms with E-state index in [4.69, 9.17) is 0 Å². The molecular formula is C34H21N6O11S2-3. The molecule has 0 aromatic heterocycles. The van der Waals surface area contributed by atoms with Gasteiger partial charge in [-0.05, 0) is 89.1 Å². The van der Waals surface area contributed by atoms with E-state index in [2.05, 4.69) is 31.1 Å². The van der Waals surface area contributed by atoms with Crippen LogP contribution in [-0.2, 0) is 20.2 Å². The maximum Gasteiger partial charge on any atom is 0.323 e. The summed E-state index contributed by atoms with van der Waals surface area (Å²) < 4.78 is 72.8. The van der Waals surface area contributed by atoms with Crippen molar-refractivity contribution in [3.63, 3.8) is 0 Å². The molecule has 0 heterocycles. The molecular weight excluding hydrogens is 733 g/mol. The standard InChI is InChI=1S/C34H24N6O11S2/c41-31-25-12-10-23(14-19(25)16-27(52(46,47)48)29(31)39-37-21-4-2-1-3-5-21)35-34(45)36-24-11-13-26-20(15-24)17-28(53(49,50)51)30(32(26)42)40-38-22-8-6-18(7-9-22)33(43)44/h1-17,41-42H,(H,43,44)(H2,35,36,45)(H,46,47,48)(H,49,50,51)/p-3. The van der Waals surface area contributed by atoms with Crippen LogP contribution in [0.3, 0.4) is 0 Å². The fourth-order valence-corrected chi connectivity index (χ4v) is 6.39. The highest BCUT2D eigenvalue weighted by Crippen LogP contribution is 2.43. The number of nitrogens with zero attached hydrogens (tertiary/aromatic N) is 4. The molecule has 0 fully saturated rings. The number of carbonyl (C=O) groups excluding carboxylic acids is 2.